The van der Waals surface area contributed by atoms with Crippen molar-refractivity contribution in [2.75, 3.05) is 0 Å². The summed E-state index contributed by atoms with van der Waals surface area (Å²) in [5.74, 6) is -0.433. The van der Waals surface area contributed by atoms with Gasteiger partial charge in [0, 0.05) is 5.56 Å². The number of hydrogen-bond acceptors (Lipinski definition) is 5. The van der Waals surface area contributed by atoms with Gasteiger partial charge in [0.05, 0.1) is 27.4 Å². The van der Waals surface area contributed by atoms with Crippen LogP contribution in [0.5, 0.6) is 0 Å². The predicted molar refractivity (Wildman–Crippen MR) is 105 cm³/mol. The van der Waals surface area contributed by atoms with Crippen molar-refractivity contribution in [1.82, 2.24) is 4.98 Å². The molecule has 0 aliphatic carbocycles. The molecule has 4 nitrogen and oxygen atoms in total. The molecule has 1 heterocycles. The second-order valence-corrected chi connectivity index (χ2v) is 6.97. The molecule has 0 saturated carbocycles. The van der Waals surface area contributed by atoms with E-state index in [1.165, 1.54) is 11.3 Å². The van der Waals surface area contributed by atoms with E-state index >= 15 is 0 Å². The van der Waals surface area contributed by atoms with Crippen molar-refractivity contribution in [1.29, 1.82) is 5.26 Å². The number of thiazole rings is 1. The summed E-state index contributed by atoms with van der Waals surface area (Å²) in [6, 6.07) is 24.4. The van der Waals surface area contributed by atoms with Gasteiger partial charge in [-0.3, -0.25) is 0 Å². The number of nitriles is 1. The van der Waals surface area contributed by atoms with Gasteiger partial charge in [-0.2, -0.15) is 5.26 Å². The Balaban J connectivity index is 1.60. The zero-order valence-electron chi connectivity index (χ0n) is 14.3. The summed E-state index contributed by atoms with van der Waals surface area (Å²) in [5, 5.41) is 10.1. The zero-order chi connectivity index (χ0) is 18.6. The van der Waals surface area contributed by atoms with Crippen molar-refractivity contribution in [3.8, 4) is 17.2 Å². The highest BCUT2D eigenvalue weighted by molar-refractivity contribution is 7.18. The van der Waals surface area contributed by atoms with Crippen LogP contribution in [0.3, 0.4) is 0 Å². The molecule has 0 spiro atoms. The third-order valence-corrected chi connectivity index (χ3v) is 5.16. The molecule has 0 radical (unpaired) electrons. The molecule has 130 valence electrons. The Bertz CT molecular complexity index is 1140. The molecule has 1 aromatic heterocycles. The van der Waals surface area contributed by atoms with Crippen LogP contribution in [0.4, 0.5) is 0 Å². The number of esters is 1. The lowest BCUT2D eigenvalue weighted by Gasteiger charge is -2.10. The number of ether oxygens (including phenoxy) is 1. The first-order valence-electron chi connectivity index (χ1n) is 8.36. The molecule has 0 aliphatic rings. The van der Waals surface area contributed by atoms with Crippen LogP contribution in [0.1, 0.15) is 20.9 Å². The normalized spacial score (nSPS) is 10.5. The van der Waals surface area contributed by atoms with Gasteiger partial charge in [-0.15, -0.1) is 11.3 Å². The third-order valence-electron chi connectivity index (χ3n) is 4.15. The second kappa shape index (κ2) is 7.40. The highest BCUT2D eigenvalue weighted by Crippen LogP contribution is 2.28. The number of carbonyl (C=O) groups is 1. The molecule has 0 unspecified atom stereocenters. The Morgan fingerprint density at radius 2 is 1.67 bits per heavy atom. The fraction of sp³-hybridized carbons (Fsp3) is 0.0455. The van der Waals surface area contributed by atoms with Crippen molar-refractivity contribution >= 4 is 27.5 Å². The van der Waals surface area contributed by atoms with Gasteiger partial charge in [0.2, 0.25) is 0 Å². The van der Waals surface area contributed by atoms with Gasteiger partial charge < -0.3 is 4.74 Å². The number of hydrogen-bond donors (Lipinski definition) is 0. The van der Waals surface area contributed by atoms with Crippen LogP contribution < -0.4 is 0 Å². The summed E-state index contributed by atoms with van der Waals surface area (Å²) < 4.78 is 6.57. The summed E-state index contributed by atoms with van der Waals surface area (Å²) >= 11 is 1.51. The summed E-state index contributed by atoms with van der Waals surface area (Å²) in [6.07, 6.45) is 0. The zero-order valence-corrected chi connectivity index (χ0v) is 15.1. The van der Waals surface area contributed by atoms with Crippen LogP contribution in [-0.2, 0) is 11.3 Å². The molecule has 0 fully saturated rings. The molecule has 5 heteroatoms. The van der Waals surface area contributed by atoms with Gasteiger partial charge in [0.25, 0.3) is 0 Å². The number of para-hydroxylation sites is 1. The lowest BCUT2D eigenvalue weighted by Crippen LogP contribution is -2.07. The number of aromatic nitrogens is 1. The second-order valence-electron chi connectivity index (χ2n) is 5.85. The van der Waals surface area contributed by atoms with Gasteiger partial charge in [-0.1, -0.05) is 48.5 Å². The van der Waals surface area contributed by atoms with Crippen LogP contribution in [-0.4, -0.2) is 11.0 Å². The van der Waals surface area contributed by atoms with Crippen LogP contribution in [0.25, 0.3) is 21.3 Å². The molecule has 0 amide bonds. The summed E-state index contributed by atoms with van der Waals surface area (Å²) in [4.78, 5) is 17.2. The van der Waals surface area contributed by atoms with Gasteiger partial charge in [-0.05, 0) is 29.8 Å². The first kappa shape index (κ1) is 17.0. The molecular formula is C22H14N2O2S. The van der Waals surface area contributed by atoms with E-state index < -0.39 is 5.97 Å². The van der Waals surface area contributed by atoms with E-state index in [0.717, 1.165) is 15.2 Å². The minimum atomic E-state index is -0.433. The monoisotopic (exact) mass is 370 g/mol. The van der Waals surface area contributed by atoms with E-state index in [0.29, 0.717) is 22.3 Å². The predicted octanol–water partition coefficient (Wildman–Crippen LogP) is 5.19. The van der Waals surface area contributed by atoms with Crippen molar-refractivity contribution < 1.29 is 9.53 Å². The molecule has 0 aliphatic heterocycles. The largest absolute Gasteiger partial charge is 0.455 e. The first-order valence-corrected chi connectivity index (χ1v) is 9.18. The van der Waals surface area contributed by atoms with Crippen molar-refractivity contribution in [3.63, 3.8) is 0 Å². The van der Waals surface area contributed by atoms with Gasteiger partial charge in [0.15, 0.2) is 0 Å². The average molecular weight is 370 g/mol. The Morgan fingerprint density at radius 1 is 0.963 bits per heavy atom. The molecule has 0 atom stereocenters. The maximum Gasteiger partial charge on any atom is 0.339 e. The third kappa shape index (κ3) is 3.43. The molecule has 4 rings (SSSR count). The summed E-state index contributed by atoms with van der Waals surface area (Å²) in [6.45, 7) is 0.117. The average Bonchev–Trinajstić information content (AvgIpc) is 3.15. The Hall–Kier alpha value is -3.49. The van der Waals surface area contributed by atoms with Crippen molar-refractivity contribution in [3.05, 3.63) is 88.9 Å². The van der Waals surface area contributed by atoms with Crippen molar-refractivity contribution in [2.24, 2.45) is 0 Å². The molecule has 0 bridgehead atoms. The Labute approximate surface area is 160 Å². The molecule has 0 N–H and O–H groups in total. The van der Waals surface area contributed by atoms with Crippen LogP contribution >= 0.6 is 11.3 Å². The fourth-order valence-electron chi connectivity index (χ4n) is 2.90. The van der Waals surface area contributed by atoms with Gasteiger partial charge in [-0.25, -0.2) is 9.78 Å². The van der Waals surface area contributed by atoms with Gasteiger partial charge >= 0.3 is 5.97 Å². The Kier molecular flexibility index (Phi) is 4.65. The summed E-state index contributed by atoms with van der Waals surface area (Å²) in [7, 11) is 0. The fourth-order valence-corrected chi connectivity index (χ4v) is 3.78. The minimum absolute atomic E-state index is 0.117. The lowest BCUT2D eigenvalue weighted by molar-refractivity contribution is 0.0473. The smallest absolute Gasteiger partial charge is 0.339 e. The van der Waals surface area contributed by atoms with E-state index in [1.54, 1.807) is 24.3 Å². The van der Waals surface area contributed by atoms with Crippen LogP contribution in [0.15, 0.2) is 72.8 Å². The number of rotatable bonds is 4. The molecule has 4 aromatic rings. The number of nitrogens with zero attached hydrogens (tertiary/aromatic N) is 2. The SMILES string of the molecule is N#Cc1ccccc1-c1ccccc1C(=O)OCc1nc2ccccc2s1. The molecule has 3 aromatic carbocycles. The van der Waals surface area contributed by atoms with E-state index in [2.05, 4.69) is 11.1 Å². The van der Waals surface area contributed by atoms with E-state index in [1.807, 2.05) is 48.5 Å². The molecule has 0 saturated heterocycles. The van der Waals surface area contributed by atoms with Crippen LogP contribution in [0, 0.1) is 11.3 Å². The number of fused-ring (bicyclic) bond motifs is 1. The van der Waals surface area contributed by atoms with E-state index in [-0.39, 0.29) is 6.61 Å². The lowest BCUT2D eigenvalue weighted by atomic mass is 9.96. The first-order chi connectivity index (χ1) is 13.3. The van der Waals surface area contributed by atoms with Crippen LogP contribution in [0.2, 0.25) is 0 Å². The number of carbonyl (C=O) groups excluding carboxylic acids is 1. The summed E-state index contributed by atoms with van der Waals surface area (Å²) in [5.41, 5.74) is 3.25. The Morgan fingerprint density at radius 3 is 2.48 bits per heavy atom. The molecule has 27 heavy (non-hydrogen) atoms. The van der Waals surface area contributed by atoms with Gasteiger partial charge in [0.1, 0.15) is 11.6 Å². The topological polar surface area (TPSA) is 63.0 Å². The standard InChI is InChI=1S/C22H14N2O2S/c23-13-15-7-1-2-8-16(15)17-9-3-4-10-18(17)22(25)26-14-21-24-19-11-5-6-12-20(19)27-21/h1-12H,14H2. The minimum Gasteiger partial charge on any atom is -0.455 e. The molecular weight excluding hydrogens is 356 g/mol. The number of benzene rings is 3. The maximum atomic E-state index is 12.7. The van der Waals surface area contributed by atoms with E-state index in [4.69, 9.17) is 4.74 Å². The van der Waals surface area contributed by atoms with Crippen molar-refractivity contribution in [2.45, 2.75) is 6.61 Å². The highest BCUT2D eigenvalue weighted by atomic mass is 32.1. The van der Waals surface area contributed by atoms with E-state index in [9.17, 15) is 10.1 Å². The quantitative estimate of drug-likeness (QED) is 0.464. The highest BCUT2D eigenvalue weighted by Gasteiger charge is 2.16. The maximum absolute atomic E-state index is 12.7.